The van der Waals surface area contributed by atoms with Crippen LogP contribution in [-0.2, 0) is 6.42 Å². The van der Waals surface area contributed by atoms with E-state index in [0.29, 0.717) is 11.6 Å². The Morgan fingerprint density at radius 2 is 2.13 bits per heavy atom. The lowest BCUT2D eigenvalue weighted by atomic mass is 10.2. The first-order valence-corrected chi connectivity index (χ1v) is 9.27. The number of piperazine rings is 1. The molecule has 1 saturated carbocycles. The summed E-state index contributed by atoms with van der Waals surface area (Å²) in [5.74, 6) is 0.684. The predicted molar refractivity (Wildman–Crippen MR) is 90.9 cm³/mol. The zero-order valence-corrected chi connectivity index (χ0v) is 14.0. The van der Waals surface area contributed by atoms with Crippen LogP contribution >= 0.6 is 11.3 Å². The smallest absolute Gasteiger partial charge is 0.274 e. The number of nitrogens with one attached hydrogen (secondary N) is 1. The fraction of sp³-hybridized carbons (Fsp3) is 0.529. The van der Waals surface area contributed by atoms with E-state index in [9.17, 15) is 4.79 Å². The number of carbonyl (C=O) groups excluding carboxylic acids is 1. The Labute approximate surface area is 140 Å². The highest BCUT2D eigenvalue weighted by Crippen LogP contribution is 2.39. The second-order valence-corrected chi connectivity index (χ2v) is 7.48. The molecule has 6 heteroatoms. The average molecular weight is 330 g/mol. The third kappa shape index (κ3) is 3.48. The van der Waals surface area contributed by atoms with Crippen LogP contribution in [0.4, 0.5) is 0 Å². The number of aromatic nitrogens is 2. The van der Waals surface area contributed by atoms with Gasteiger partial charge < -0.3 is 4.90 Å². The van der Waals surface area contributed by atoms with E-state index in [4.69, 9.17) is 0 Å². The van der Waals surface area contributed by atoms with Crippen molar-refractivity contribution in [3.8, 4) is 0 Å². The van der Waals surface area contributed by atoms with E-state index in [2.05, 4.69) is 32.6 Å². The zero-order chi connectivity index (χ0) is 15.6. The molecule has 0 bridgehead atoms. The molecule has 1 amide bonds. The predicted octanol–water partition coefficient (Wildman–Crippen LogP) is 2.35. The van der Waals surface area contributed by atoms with E-state index in [0.717, 1.165) is 44.8 Å². The van der Waals surface area contributed by atoms with Gasteiger partial charge in [0.2, 0.25) is 0 Å². The molecule has 2 aromatic rings. The summed E-state index contributed by atoms with van der Waals surface area (Å²) in [6.45, 7) is 4.59. The van der Waals surface area contributed by atoms with Crippen molar-refractivity contribution >= 4 is 17.2 Å². The minimum atomic E-state index is 0.0751. The summed E-state index contributed by atoms with van der Waals surface area (Å²) in [5.41, 5.74) is 1.71. The van der Waals surface area contributed by atoms with Crippen molar-refractivity contribution in [3.63, 3.8) is 0 Å². The minimum absolute atomic E-state index is 0.0751. The van der Waals surface area contributed by atoms with Crippen molar-refractivity contribution in [3.05, 3.63) is 39.8 Å². The first-order chi connectivity index (χ1) is 11.3. The molecule has 1 saturated heterocycles. The fourth-order valence-electron chi connectivity index (χ4n) is 3.11. The summed E-state index contributed by atoms with van der Waals surface area (Å²) in [7, 11) is 0. The van der Waals surface area contributed by atoms with Crippen LogP contribution in [0, 0.1) is 0 Å². The molecule has 4 rings (SSSR count). The standard InChI is InChI=1S/C17H22N4OS/c22-17(16-12-15(18-19-16)13-3-4-13)21-9-7-20(8-10-21)6-5-14-2-1-11-23-14/h1-2,11-13H,3-10H2,(H,18,19). The summed E-state index contributed by atoms with van der Waals surface area (Å²) in [6.07, 6.45) is 3.55. The number of rotatable bonds is 5. The van der Waals surface area contributed by atoms with Gasteiger partial charge in [-0.2, -0.15) is 5.10 Å². The van der Waals surface area contributed by atoms with Gasteiger partial charge in [0.1, 0.15) is 5.69 Å². The Bertz CT molecular complexity index is 654. The van der Waals surface area contributed by atoms with Crippen LogP contribution in [-0.4, -0.2) is 58.6 Å². The molecule has 0 radical (unpaired) electrons. The van der Waals surface area contributed by atoms with Crippen LogP contribution in [0.25, 0.3) is 0 Å². The lowest BCUT2D eigenvalue weighted by Crippen LogP contribution is -2.49. The number of nitrogens with zero attached hydrogens (tertiary/aromatic N) is 3. The largest absolute Gasteiger partial charge is 0.335 e. The average Bonchev–Trinajstić information content (AvgIpc) is 3.11. The first-order valence-electron chi connectivity index (χ1n) is 8.39. The van der Waals surface area contributed by atoms with Gasteiger partial charge in [-0.15, -0.1) is 11.3 Å². The molecular weight excluding hydrogens is 308 g/mol. The van der Waals surface area contributed by atoms with E-state index < -0.39 is 0 Å². The molecule has 2 aliphatic rings. The van der Waals surface area contributed by atoms with Gasteiger partial charge in [-0.25, -0.2) is 0 Å². The maximum absolute atomic E-state index is 12.5. The topological polar surface area (TPSA) is 52.2 Å². The third-order valence-corrected chi connectivity index (χ3v) is 5.68. The monoisotopic (exact) mass is 330 g/mol. The van der Waals surface area contributed by atoms with Crippen LogP contribution in [0.15, 0.2) is 23.6 Å². The van der Waals surface area contributed by atoms with Crippen molar-refractivity contribution < 1.29 is 4.79 Å². The molecule has 0 atom stereocenters. The van der Waals surface area contributed by atoms with Gasteiger partial charge >= 0.3 is 0 Å². The summed E-state index contributed by atoms with van der Waals surface area (Å²) in [6, 6.07) is 6.25. The lowest BCUT2D eigenvalue weighted by molar-refractivity contribution is 0.0633. The number of aromatic amines is 1. The molecule has 3 heterocycles. The van der Waals surface area contributed by atoms with Crippen molar-refractivity contribution in [1.29, 1.82) is 0 Å². The second kappa shape index (κ2) is 6.45. The molecular formula is C17H22N4OS. The highest BCUT2D eigenvalue weighted by Gasteiger charge is 2.28. The number of H-pyrrole nitrogens is 1. The van der Waals surface area contributed by atoms with Crippen LogP contribution < -0.4 is 0 Å². The van der Waals surface area contributed by atoms with E-state index in [1.54, 1.807) is 0 Å². The maximum Gasteiger partial charge on any atom is 0.274 e. The minimum Gasteiger partial charge on any atom is -0.335 e. The third-order valence-electron chi connectivity index (χ3n) is 4.75. The zero-order valence-electron chi connectivity index (χ0n) is 13.2. The van der Waals surface area contributed by atoms with Crippen molar-refractivity contribution in [2.75, 3.05) is 32.7 Å². The normalized spacial score (nSPS) is 19.2. The van der Waals surface area contributed by atoms with Crippen molar-refractivity contribution in [2.45, 2.75) is 25.2 Å². The van der Waals surface area contributed by atoms with Crippen molar-refractivity contribution in [2.24, 2.45) is 0 Å². The van der Waals surface area contributed by atoms with Gasteiger partial charge in [-0.1, -0.05) is 6.07 Å². The molecule has 5 nitrogen and oxygen atoms in total. The van der Waals surface area contributed by atoms with Crippen LogP contribution in [0.5, 0.6) is 0 Å². The van der Waals surface area contributed by atoms with Gasteiger partial charge in [0.15, 0.2) is 0 Å². The van der Waals surface area contributed by atoms with Crippen LogP contribution in [0.3, 0.4) is 0 Å². The van der Waals surface area contributed by atoms with E-state index in [1.807, 2.05) is 22.3 Å². The highest BCUT2D eigenvalue weighted by atomic mass is 32.1. The molecule has 0 aromatic carbocycles. The molecule has 1 N–H and O–H groups in total. The molecule has 2 aromatic heterocycles. The Hall–Kier alpha value is -1.66. The van der Waals surface area contributed by atoms with E-state index >= 15 is 0 Å². The maximum atomic E-state index is 12.5. The Kier molecular flexibility index (Phi) is 4.18. The fourth-order valence-corrected chi connectivity index (χ4v) is 3.81. The molecule has 23 heavy (non-hydrogen) atoms. The van der Waals surface area contributed by atoms with E-state index in [-0.39, 0.29) is 5.91 Å². The summed E-state index contributed by atoms with van der Waals surface area (Å²) >= 11 is 1.82. The Morgan fingerprint density at radius 3 is 2.83 bits per heavy atom. The highest BCUT2D eigenvalue weighted by molar-refractivity contribution is 7.09. The second-order valence-electron chi connectivity index (χ2n) is 6.45. The van der Waals surface area contributed by atoms with Crippen molar-refractivity contribution in [1.82, 2.24) is 20.0 Å². The summed E-state index contributed by atoms with van der Waals surface area (Å²) in [5, 5.41) is 9.37. The summed E-state index contributed by atoms with van der Waals surface area (Å²) in [4.78, 5) is 18.4. The van der Waals surface area contributed by atoms with Crippen LogP contribution in [0.1, 0.15) is 39.8 Å². The van der Waals surface area contributed by atoms with Crippen LogP contribution in [0.2, 0.25) is 0 Å². The quantitative estimate of drug-likeness (QED) is 0.915. The number of amides is 1. The van der Waals surface area contributed by atoms with Gasteiger partial charge in [-0.05, 0) is 36.8 Å². The molecule has 122 valence electrons. The molecule has 1 aliphatic heterocycles. The molecule has 1 aliphatic carbocycles. The number of thiophene rings is 1. The molecule has 2 fully saturated rings. The Morgan fingerprint density at radius 1 is 1.30 bits per heavy atom. The molecule has 0 unspecified atom stereocenters. The SMILES string of the molecule is O=C(c1cc(C2CC2)[nH]n1)N1CCN(CCc2cccs2)CC1. The van der Waals surface area contributed by atoms with Gasteiger partial charge in [-0.3, -0.25) is 14.8 Å². The summed E-state index contributed by atoms with van der Waals surface area (Å²) < 4.78 is 0. The number of carbonyl (C=O) groups is 1. The van der Waals surface area contributed by atoms with Gasteiger partial charge in [0, 0.05) is 49.2 Å². The first kappa shape index (κ1) is 14.9. The number of hydrogen-bond acceptors (Lipinski definition) is 4. The Balaban J connectivity index is 1.27. The number of hydrogen-bond donors (Lipinski definition) is 1. The van der Waals surface area contributed by atoms with Gasteiger partial charge in [0.05, 0.1) is 0 Å². The van der Waals surface area contributed by atoms with E-state index in [1.165, 1.54) is 17.7 Å². The lowest BCUT2D eigenvalue weighted by Gasteiger charge is -2.34. The molecule has 0 spiro atoms. The van der Waals surface area contributed by atoms with Gasteiger partial charge in [0.25, 0.3) is 5.91 Å².